The highest BCUT2D eigenvalue weighted by Crippen LogP contribution is 2.08. The molecule has 1 aliphatic heterocycles. The van der Waals surface area contributed by atoms with Crippen molar-refractivity contribution in [3.63, 3.8) is 0 Å². The topological polar surface area (TPSA) is 52.6 Å². The predicted molar refractivity (Wildman–Crippen MR) is 71.2 cm³/mol. The van der Waals surface area contributed by atoms with Crippen molar-refractivity contribution in [3.8, 4) is 0 Å². The van der Waals surface area contributed by atoms with Crippen LogP contribution in [-0.4, -0.2) is 60.9 Å². The van der Waals surface area contributed by atoms with E-state index in [0.29, 0.717) is 32.1 Å². The molecule has 5 nitrogen and oxygen atoms in total. The molecule has 0 aliphatic carbocycles. The van der Waals surface area contributed by atoms with Gasteiger partial charge in [0.25, 0.3) is 0 Å². The van der Waals surface area contributed by atoms with E-state index < -0.39 is 0 Å². The molecule has 1 N–H and O–H groups in total. The van der Waals surface area contributed by atoms with Gasteiger partial charge in [-0.25, -0.2) is 0 Å². The van der Waals surface area contributed by atoms with Crippen molar-refractivity contribution in [1.29, 1.82) is 0 Å². The van der Waals surface area contributed by atoms with Crippen LogP contribution in [0.1, 0.15) is 27.2 Å². The summed E-state index contributed by atoms with van der Waals surface area (Å²) in [5, 5.41) is 3.26. The number of hydrogen-bond acceptors (Lipinski definition) is 3. The van der Waals surface area contributed by atoms with Gasteiger partial charge in [0, 0.05) is 26.2 Å². The normalized spacial score (nSPS) is 18.4. The standard InChI is InChI=1S/C13H25N3O2/c1-4-6-15-7-8-16(13(18)12(15)17)10-11(3)9-14-5-2/h11,14H,4-10H2,1-3H3. The second-order valence-electron chi connectivity index (χ2n) is 4.96. The van der Waals surface area contributed by atoms with E-state index in [2.05, 4.69) is 19.2 Å². The fourth-order valence-corrected chi connectivity index (χ4v) is 2.20. The second kappa shape index (κ2) is 7.36. The van der Waals surface area contributed by atoms with Gasteiger partial charge in [-0.3, -0.25) is 9.59 Å². The zero-order chi connectivity index (χ0) is 13.5. The number of amides is 2. The first-order valence-electron chi connectivity index (χ1n) is 6.89. The molecule has 0 bridgehead atoms. The zero-order valence-electron chi connectivity index (χ0n) is 11.7. The molecule has 0 aromatic rings. The molecule has 0 spiro atoms. The largest absolute Gasteiger partial charge is 0.333 e. The third-order valence-electron chi connectivity index (χ3n) is 3.17. The predicted octanol–water partition coefficient (Wildman–Crippen LogP) is 0.313. The highest BCUT2D eigenvalue weighted by atomic mass is 16.2. The lowest BCUT2D eigenvalue weighted by Gasteiger charge is -2.35. The van der Waals surface area contributed by atoms with E-state index in [4.69, 9.17) is 0 Å². The van der Waals surface area contributed by atoms with E-state index in [1.165, 1.54) is 0 Å². The average Bonchev–Trinajstić information content (AvgIpc) is 2.36. The van der Waals surface area contributed by atoms with E-state index >= 15 is 0 Å². The summed E-state index contributed by atoms with van der Waals surface area (Å²) >= 11 is 0. The third-order valence-corrected chi connectivity index (χ3v) is 3.17. The first-order valence-corrected chi connectivity index (χ1v) is 6.89. The average molecular weight is 255 g/mol. The summed E-state index contributed by atoms with van der Waals surface area (Å²) in [5.74, 6) is -0.295. The van der Waals surface area contributed by atoms with Gasteiger partial charge in [0.2, 0.25) is 0 Å². The van der Waals surface area contributed by atoms with Gasteiger partial charge in [0.1, 0.15) is 0 Å². The summed E-state index contributed by atoms with van der Waals surface area (Å²) in [4.78, 5) is 27.1. The van der Waals surface area contributed by atoms with Crippen LogP contribution < -0.4 is 5.32 Å². The quantitative estimate of drug-likeness (QED) is 0.666. The van der Waals surface area contributed by atoms with Crippen molar-refractivity contribution in [3.05, 3.63) is 0 Å². The zero-order valence-corrected chi connectivity index (χ0v) is 11.7. The van der Waals surface area contributed by atoms with Gasteiger partial charge in [-0.15, -0.1) is 0 Å². The summed E-state index contributed by atoms with van der Waals surface area (Å²) in [5.41, 5.74) is 0. The van der Waals surface area contributed by atoms with Gasteiger partial charge in [-0.2, -0.15) is 0 Å². The Morgan fingerprint density at radius 2 is 1.78 bits per heavy atom. The Balaban J connectivity index is 2.45. The molecule has 2 amide bonds. The van der Waals surface area contributed by atoms with Gasteiger partial charge in [0.15, 0.2) is 0 Å². The molecule has 0 saturated carbocycles. The maximum atomic E-state index is 11.9. The number of hydrogen-bond donors (Lipinski definition) is 1. The molecular formula is C13H25N3O2. The number of carbonyl (C=O) groups excluding carboxylic acids is 2. The molecule has 104 valence electrons. The molecule has 1 unspecified atom stereocenters. The molecule has 0 aromatic heterocycles. The first kappa shape index (κ1) is 15.0. The van der Waals surface area contributed by atoms with Gasteiger partial charge >= 0.3 is 11.8 Å². The summed E-state index contributed by atoms with van der Waals surface area (Å²) in [7, 11) is 0. The minimum absolute atomic E-state index is 0.334. The van der Waals surface area contributed by atoms with Crippen molar-refractivity contribution in [1.82, 2.24) is 15.1 Å². The van der Waals surface area contributed by atoms with Crippen LogP contribution in [0.2, 0.25) is 0 Å². The molecule has 5 heteroatoms. The minimum Gasteiger partial charge on any atom is -0.333 e. The molecule has 1 atom stereocenters. The van der Waals surface area contributed by atoms with E-state index in [9.17, 15) is 9.59 Å². The van der Waals surface area contributed by atoms with E-state index in [-0.39, 0.29) is 11.8 Å². The first-order chi connectivity index (χ1) is 8.60. The summed E-state index contributed by atoms with van der Waals surface area (Å²) < 4.78 is 0. The number of rotatable bonds is 7. The molecule has 1 saturated heterocycles. The molecule has 0 aromatic carbocycles. The molecule has 1 fully saturated rings. The van der Waals surface area contributed by atoms with E-state index in [1.54, 1.807) is 9.80 Å². The fourth-order valence-electron chi connectivity index (χ4n) is 2.20. The lowest BCUT2D eigenvalue weighted by molar-refractivity contribution is -0.156. The molecular weight excluding hydrogens is 230 g/mol. The third kappa shape index (κ3) is 3.98. The summed E-state index contributed by atoms with van der Waals surface area (Å²) in [6.45, 7) is 10.7. The van der Waals surface area contributed by atoms with Crippen LogP contribution in [0.15, 0.2) is 0 Å². The Hall–Kier alpha value is -1.10. The maximum absolute atomic E-state index is 11.9. The molecule has 1 rings (SSSR count). The minimum atomic E-state index is -0.335. The van der Waals surface area contributed by atoms with Crippen molar-refractivity contribution in [2.75, 3.05) is 39.3 Å². The SMILES string of the molecule is CCCN1CCN(CC(C)CNCC)C(=O)C1=O. The molecule has 0 radical (unpaired) electrons. The number of nitrogens with zero attached hydrogens (tertiary/aromatic N) is 2. The lowest BCUT2D eigenvalue weighted by Crippen LogP contribution is -2.55. The van der Waals surface area contributed by atoms with Crippen molar-refractivity contribution < 1.29 is 9.59 Å². The number of piperazine rings is 1. The van der Waals surface area contributed by atoms with Crippen LogP contribution in [0, 0.1) is 5.92 Å². The Morgan fingerprint density at radius 1 is 1.17 bits per heavy atom. The van der Waals surface area contributed by atoms with Crippen LogP contribution in [0.5, 0.6) is 0 Å². The smallest absolute Gasteiger partial charge is 0.312 e. The Labute approximate surface area is 110 Å². The fraction of sp³-hybridized carbons (Fsp3) is 0.846. The van der Waals surface area contributed by atoms with Gasteiger partial charge in [0.05, 0.1) is 0 Å². The van der Waals surface area contributed by atoms with Gasteiger partial charge in [-0.1, -0.05) is 20.8 Å². The highest BCUT2D eigenvalue weighted by molar-refractivity contribution is 6.35. The molecule has 1 aliphatic rings. The van der Waals surface area contributed by atoms with Gasteiger partial charge < -0.3 is 15.1 Å². The van der Waals surface area contributed by atoms with Crippen LogP contribution >= 0.6 is 0 Å². The molecule has 18 heavy (non-hydrogen) atoms. The van der Waals surface area contributed by atoms with Crippen LogP contribution in [-0.2, 0) is 9.59 Å². The van der Waals surface area contributed by atoms with Crippen LogP contribution in [0.4, 0.5) is 0 Å². The Morgan fingerprint density at radius 3 is 2.39 bits per heavy atom. The summed E-state index contributed by atoms with van der Waals surface area (Å²) in [6, 6.07) is 0. The maximum Gasteiger partial charge on any atom is 0.312 e. The van der Waals surface area contributed by atoms with Gasteiger partial charge in [-0.05, 0) is 25.4 Å². The Kier molecular flexibility index (Phi) is 6.12. The van der Waals surface area contributed by atoms with Crippen LogP contribution in [0.3, 0.4) is 0 Å². The highest BCUT2D eigenvalue weighted by Gasteiger charge is 2.32. The Bertz CT molecular complexity index is 294. The van der Waals surface area contributed by atoms with Crippen molar-refractivity contribution >= 4 is 11.8 Å². The van der Waals surface area contributed by atoms with Crippen molar-refractivity contribution in [2.45, 2.75) is 27.2 Å². The monoisotopic (exact) mass is 255 g/mol. The van der Waals surface area contributed by atoms with Crippen LogP contribution in [0.25, 0.3) is 0 Å². The van der Waals surface area contributed by atoms with Crippen molar-refractivity contribution in [2.24, 2.45) is 5.92 Å². The lowest BCUT2D eigenvalue weighted by atomic mass is 10.1. The second-order valence-corrected chi connectivity index (χ2v) is 4.96. The van der Waals surface area contributed by atoms with E-state index in [1.807, 2.05) is 6.92 Å². The van der Waals surface area contributed by atoms with E-state index in [0.717, 1.165) is 19.5 Å². The number of nitrogens with one attached hydrogen (secondary N) is 1. The number of carbonyl (C=O) groups is 2. The summed E-state index contributed by atoms with van der Waals surface area (Å²) in [6.07, 6.45) is 0.899. The molecule has 1 heterocycles.